The molecule has 2 N–H and O–H groups in total. The first-order valence-corrected chi connectivity index (χ1v) is 6.29. The molecular formula is C14H23NO2. The monoisotopic (exact) mass is 237 g/mol. The van der Waals surface area contributed by atoms with Crippen molar-refractivity contribution in [2.75, 3.05) is 13.7 Å². The maximum atomic E-state index is 9.81. The minimum atomic E-state index is 0.141. The fraction of sp³-hybridized carbons (Fsp3) is 0.571. The molecule has 0 saturated carbocycles. The van der Waals surface area contributed by atoms with E-state index in [1.807, 2.05) is 6.07 Å². The molecule has 96 valence electrons. The quantitative estimate of drug-likeness (QED) is 0.715. The van der Waals surface area contributed by atoms with Crippen LogP contribution in [0, 0.1) is 0 Å². The number of phenolic OH excluding ortho intramolecular Hbond substituents is 1. The van der Waals surface area contributed by atoms with E-state index in [1.165, 1.54) is 19.3 Å². The average Bonchev–Trinajstić information content (AvgIpc) is 2.35. The molecule has 0 saturated heterocycles. The molecule has 0 amide bonds. The number of hydrogen-bond acceptors (Lipinski definition) is 3. The van der Waals surface area contributed by atoms with E-state index in [0.29, 0.717) is 5.75 Å². The van der Waals surface area contributed by atoms with Gasteiger partial charge < -0.3 is 15.2 Å². The maximum Gasteiger partial charge on any atom is 0.120 e. The van der Waals surface area contributed by atoms with E-state index in [9.17, 15) is 5.11 Å². The Morgan fingerprint density at radius 2 is 2.12 bits per heavy atom. The summed E-state index contributed by atoms with van der Waals surface area (Å²) in [5.41, 5.74) is 0.890. The number of aromatic hydroxyl groups is 1. The first kappa shape index (κ1) is 13.8. The van der Waals surface area contributed by atoms with Crippen molar-refractivity contribution in [1.82, 2.24) is 5.32 Å². The van der Waals surface area contributed by atoms with E-state index in [-0.39, 0.29) is 6.04 Å². The molecule has 1 aromatic rings. The minimum absolute atomic E-state index is 0.141. The number of ether oxygens (including phenoxy) is 1. The Labute approximate surface area is 104 Å². The average molecular weight is 237 g/mol. The van der Waals surface area contributed by atoms with Crippen molar-refractivity contribution in [3.05, 3.63) is 23.8 Å². The lowest BCUT2D eigenvalue weighted by Gasteiger charge is -2.16. The molecule has 0 aliphatic heterocycles. The van der Waals surface area contributed by atoms with Crippen molar-refractivity contribution in [3.63, 3.8) is 0 Å². The van der Waals surface area contributed by atoms with E-state index in [1.54, 1.807) is 19.2 Å². The summed E-state index contributed by atoms with van der Waals surface area (Å²) in [6, 6.07) is 5.47. The number of phenols is 1. The number of rotatable bonds is 7. The van der Waals surface area contributed by atoms with Crippen LogP contribution < -0.4 is 10.1 Å². The van der Waals surface area contributed by atoms with Gasteiger partial charge in [-0.25, -0.2) is 0 Å². The molecule has 0 aliphatic rings. The number of methoxy groups -OCH3 is 1. The van der Waals surface area contributed by atoms with Crippen LogP contribution in [0.25, 0.3) is 0 Å². The summed E-state index contributed by atoms with van der Waals surface area (Å²) in [5.74, 6) is 1.10. The Balaban J connectivity index is 2.57. The zero-order chi connectivity index (χ0) is 12.7. The van der Waals surface area contributed by atoms with E-state index < -0.39 is 0 Å². The van der Waals surface area contributed by atoms with Gasteiger partial charge >= 0.3 is 0 Å². The van der Waals surface area contributed by atoms with Crippen molar-refractivity contribution >= 4 is 0 Å². The van der Waals surface area contributed by atoms with Gasteiger partial charge in [0.25, 0.3) is 0 Å². The van der Waals surface area contributed by atoms with Gasteiger partial charge in [-0.15, -0.1) is 0 Å². The second-order valence-electron chi connectivity index (χ2n) is 4.31. The Bertz CT molecular complexity index is 339. The molecule has 0 bridgehead atoms. The molecule has 0 heterocycles. The standard InChI is InChI=1S/C14H23NO2/c1-4-5-6-9-15-11(2)13-10-12(17-3)7-8-14(13)16/h7-8,10-11,15-16H,4-6,9H2,1-3H3. The van der Waals surface area contributed by atoms with Gasteiger partial charge in [0.05, 0.1) is 7.11 Å². The van der Waals surface area contributed by atoms with Crippen molar-refractivity contribution in [2.24, 2.45) is 0 Å². The zero-order valence-electron chi connectivity index (χ0n) is 11.0. The highest BCUT2D eigenvalue weighted by Crippen LogP contribution is 2.28. The SMILES string of the molecule is CCCCCNC(C)c1cc(OC)ccc1O. The van der Waals surface area contributed by atoms with Gasteiger partial charge in [-0.05, 0) is 38.1 Å². The molecule has 1 unspecified atom stereocenters. The second-order valence-corrected chi connectivity index (χ2v) is 4.31. The third kappa shape index (κ3) is 4.27. The third-order valence-corrected chi connectivity index (χ3v) is 2.93. The molecule has 0 fully saturated rings. The molecule has 0 radical (unpaired) electrons. The molecule has 3 nitrogen and oxygen atoms in total. The minimum Gasteiger partial charge on any atom is -0.508 e. The number of nitrogens with one attached hydrogen (secondary N) is 1. The number of unbranched alkanes of at least 4 members (excludes halogenated alkanes) is 2. The maximum absolute atomic E-state index is 9.81. The Hall–Kier alpha value is -1.22. The predicted molar refractivity (Wildman–Crippen MR) is 70.6 cm³/mol. The highest BCUT2D eigenvalue weighted by atomic mass is 16.5. The Kier molecular flexibility index (Phi) is 5.84. The van der Waals surface area contributed by atoms with Crippen LogP contribution in [0.4, 0.5) is 0 Å². The van der Waals surface area contributed by atoms with Crippen molar-refractivity contribution in [3.8, 4) is 11.5 Å². The Morgan fingerprint density at radius 3 is 2.76 bits per heavy atom. The fourth-order valence-corrected chi connectivity index (χ4v) is 1.81. The third-order valence-electron chi connectivity index (χ3n) is 2.93. The molecule has 3 heteroatoms. The molecule has 1 rings (SSSR count). The molecule has 0 aliphatic carbocycles. The molecule has 1 atom stereocenters. The van der Waals surface area contributed by atoms with Crippen LogP contribution in [0.3, 0.4) is 0 Å². The van der Waals surface area contributed by atoms with E-state index in [2.05, 4.69) is 19.2 Å². The second kappa shape index (κ2) is 7.17. The first-order chi connectivity index (χ1) is 8.19. The van der Waals surface area contributed by atoms with E-state index in [0.717, 1.165) is 17.9 Å². The summed E-state index contributed by atoms with van der Waals surface area (Å²) < 4.78 is 5.16. The lowest BCUT2D eigenvalue weighted by Crippen LogP contribution is -2.19. The summed E-state index contributed by atoms with van der Waals surface area (Å²) in [4.78, 5) is 0. The van der Waals surface area contributed by atoms with Crippen molar-refractivity contribution in [1.29, 1.82) is 0 Å². The van der Waals surface area contributed by atoms with Crippen LogP contribution in [0.1, 0.15) is 44.7 Å². The smallest absolute Gasteiger partial charge is 0.120 e. The van der Waals surface area contributed by atoms with E-state index >= 15 is 0 Å². The zero-order valence-corrected chi connectivity index (χ0v) is 11.0. The van der Waals surface area contributed by atoms with Gasteiger partial charge in [0.15, 0.2) is 0 Å². The summed E-state index contributed by atoms with van der Waals surface area (Å²) in [6.45, 7) is 5.23. The predicted octanol–water partition coefficient (Wildman–Crippen LogP) is 3.24. The van der Waals surface area contributed by atoms with Crippen molar-refractivity contribution < 1.29 is 9.84 Å². The van der Waals surface area contributed by atoms with Crippen LogP contribution in [-0.4, -0.2) is 18.8 Å². The van der Waals surface area contributed by atoms with Gasteiger partial charge in [-0.1, -0.05) is 19.8 Å². The molecule has 17 heavy (non-hydrogen) atoms. The molecular weight excluding hydrogens is 214 g/mol. The molecule has 0 spiro atoms. The topological polar surface area (TPSA) is 41.5 Å². The summed E-state index contributed by atoms with van der Waals surface area (Å²) in [6.07, 6.45) is 3.63. The number of hydrogen-bond donors (Lipinski definition) is 2. The van der Waals surface area contributed by atoms with Gasteiger partial charge in [0.2, 0.25) is 0 Å². The summed E-state index contributed by atoms with van der Waals surface area (Å²) >= 11 is 0. The largest absolute Gasteiger partial charge is 0.508 e. The lowest BCUT2D eigenvalue weighted by atomic mass is 10.1. The van der Waals surface area contributed by atoms with Gasteiger partial charge in [0.1, 0.15) is 11.5 Å². The van der Waals surface area contributed by atoms with Crippen LogP contribution in [0.5, 0.6) is 11.5 Å². The highest BCUT2D eigenvalue weighted by molar-refractivity contribution is 5.41. The normalized spacial score (nSPS) is 12.4. The van der Waals surface area contributed by atoms with Crippen LogP contribution in [0.2, 0.25) is 0 Å². The van der Waals surface area contributed by atoms with Crippen LogP contribution in [0.15, 0.2) is 18.2 Å². The number of benzene rings is 1. The fourth-order valence-electron chi connectivity index (χ4n) is 1.81. The van der Waals surface area contributed by atoms with Gasteiger partial charge in [-0.3, -0.25) is 0 Å². The van der Waals surface area contributed by atoms with Gasteiger partial charge in [0, 0.05) is 11.6 Å². The summed E-state index contributed by atoms with van der Waals surface area (Å²) in [5, 5.41) is 13.2. The van der Waals surface area contributed by atoms with E-state index in [4.69, 9.17) is 4.74 Å². The lowest BCUT2D eigenvalue weighted by molar-refractivity contribution is 0.407. The summed E-state index contributed by atoms with van der Waals surface area (Å²) in [7, 11) is 1.63. The van der Waals surface area contributed by atoms with Gasteiger partial charge in [-0.2, -0.15) is 0 Å². The Morgan fingerprint density at radius 1 is 1.35 bits per heavy atom. The van der Waals surface area contributed by atoms with Crippen LogP contribution in [-0.2, 0) is 0 Å². The molecule has 1 aromatic carbocycles. The van der Waals surface area contributed by atoms with Crippen LogP contribution >= 0.6 is 0 Å². The van der Waals surface area contributed by atoms with Crippen molar-refractivity contribution in [2.45, 2.75) is 39.2 Å². The first-order valence-electron chi connectivity index (χ1n) is 6.29. The highest BCUT2D eigenvalue weighted by Gasteiger charge is 2.10. The molecule has 0 aromatic heterocycles.